The lowest BCUT2D eigenvalue weighted by molar-refractivity contribution is -0.123. The number of carbonyl (C=O) groups excluding carboxylic acids is 1. The fourth-order valence-corrected chi connectivity index (χ4v) is 7.64. The van der Waals surface area contributed by atoms with Crippen molar-refractivity contribution in [3.63, 3.8) is 0 Å². The second kappa shape index (κ2) is 56.9. The van der Waals surface area contributed by atoms with Gasteiger partial charge in [-0.05, 0) is 109 Å². The van der Waals surface area contributed by atoms with E-state index in [-0.39, 0.29) is 12.5 Å². The number of hydrogen-bond donors (Lipinski definition) is 3. The molecular formula is C63H105NO3. The standard InChI is InChI=1S/C63H105NO3/c1-3-5-7-9-11-13-15-17-19-21-23-25-27-29-31-32-33-35-37-39-41-43-45-47-49-51-53-55-57-59-63(67)64-61(60-65)62(66)58-56-54-52-50-48-46-44-42-40-38-36-34-30-28-26-24-22-20-18-16-14-12-10-8-6-4-2/h5,7,11,13,17,19,23,25,29,31,33,35,39-42,45,47-48,50,56,58,61-62,65-66H,3-4,6,8-10,12,14-16,18,20-22,24,26-28,30,32,34,36-38,43-44,46,49,51-55,57,59-60H2,1-2H3,(H,64,67)/b7-5-,13-11-,19-17-,25-23-,31-29-,35-33-,41-39-,42-40+,47-45-,50-48+,58-56+. The van der Waals surface area contributed by atoms with E-state index in [2.05, 4.69) is 141 Å². The number of aliphatic hydroxyl groups excluding tert-OH is 2. The molecule has 67 heavy (non-hydrogen) atoms. The van der Waals surface area contributed by atoms with E-state index in [0.717, 1.165) is 109 Å². The molecule has 0 saturated carbocycles. The van der Waals surface area contributed by atoms with Crippen molar-refractivity contribution in [1.82, 2.24) is 5.32 Å². The molecule has 380 valence electrons. The number of nitrogens with one attached hydrogen (secondary N) is 1. The number of carbonyl (C=O) groups is 1. The first kappa shape index (κ1) is 63.5. The Labute approximate surface area is 415 Å². The van der Waals surface area contributed by atoms with Gasteiger partial charge in [-0.1, -0.05) is 257 Å². The molecule has 4 heteroatoms. The highest BCUT2D eigenvalue weighted by atomic mass is 16.3. The zero-order valence-electron chi connectivity index (χ0n) is 43.6. The molecule has 2 atom stereocenters. The van der Waals surface area contributed by atoms with Gasteiger partial charge in [0, 0.05) is 6.42 Å². The highest BCUT2D eigenvalue weighted by Crippen LogP contribution is 2.15. The van der Waals surface area contributed by atoms with Gasteiger partial charge in [-0.2, -0.15) is 0 Å². The number of amides is 1. The molecule has 0 rings (SSSR count). The van der Waals surface area contributed by atoms with Gasteiger partial charge in [-0.3, -0.25) is 4.79 Å². The number of aliphatic hydroxyl groups is 2. The molecule has 0 aromatic carbocycles. The lowest BCUT2D eigenvalue weighted by atomic mass is 10.0. The van der Waals surface area contributed by atoms with Crippen LogP contribution < -0.4 is 5.32 Å². The van der Waals surface area contributed by atoms with E-state index < -0.39 is 12.1 Å². The SMILES string of the molecule is CC/C=C\C/C=C\C/C=C\C/C=C\C/C=C\C/C=C\C/C=C\C/C=C\CCCCCCC(=O)NC(CO)C(O)/C=C/CC/C=C/CC/C=C/CCCCCCCCCCCCCCCCCC. The Bertz CT molecular complexity index is 1370. The van der Waals surface area contributed by atoms with Crippen LogP contribution in [0.1, 0.15) is 239 Å². The number of allylic oxidation sites excluding steroid dienone is 21. The third-order valence-corrected chi connectivity index (χ3v) is 11.8. The minimum Gasteiger partial charge on any atom is -0.394 e. The molecule has 0 bridgehead atoms. The van der Waals surface area contributed by atoms with Crippen LogP contribution in [0.5, 0.6) is 0 Å². The van der Waals surface area contributed by atoms with E-state index in [0.29, 0.717) is 6.42 Å². The maximum absolute atomic E-state index is 12.5. The van der Waals surface area contributed by atoms with Crippen molar-refractivity contribution < 1.29 is 15.0 Å². The quantitative estimate of drug-likeness (QED) is 0.0421. The molecule has 0 aliphatic rings. The molecule has 1 amide bonds. The van der Waals surface area contributed by atoms with Crippen LogP contribution in [0.2, 0.25) is 0 Å². The monoisotopic (exact) mass is 924 g/mol. The Morgan fingerprint density at radius 2 is 0.672 bits per heavy atom. The molecule has 0 aliphatic heterocycles. The van der Waals surface area contributed by atoms with E-state index >= 15 is 0 Å². The normalized spacial score (nSPS) is 13.9. The van der Waals surface area contributed by atoms with E-state index in [1.54, 1.807) is 6.08 Å². The second-order valence-corrected chi connectivity index (χ2v) is 18.2. The molecule has 0 saturated heterocycles. The Morgan fingerprint density at radius 1 is 0.373 bits per heavy atom. The van der Waals surface area contributed by atoms with Crippen molar-refractivity contribution in [3.05, 3.63) is 134 Å². The zero-order chi connectivity index (χ0) is 48.5. The summed E-state index contributed by atoms with van der Waals surface area (Å²) >= 11 is 0. The lowest BCUT2D eigenvalue weighted by Crippen LogP contribution is -2.45. The second-order valence-electron chi connectivity index (χ2n) is 18.2. The molecule has 3 N–H and O–H groups in total. The summed E-state index contributed by atoms with van der Waals surface area (Å²) in [5, 5.41) is 23.1. The average Bonchev–Trinajstić information content (AvgIpc) is 3.33. The summed E-state index contributed by atoms with van der Waals surface area (Å²) < 4.78 is 0. The number of hydrogen-bond acceptors (Lipinski definition) is 3. The molecule has 0 aromatic heterocycles. The molecule has 2 unspecified atom stereocenters. The van der Waals surface area contributed by atoms with Crippen LogP contribution >= 0.6 is 0 Å². The summed E-state index contributed by atoms with van der Waals surface area (Å²) in [5.74, 6) is -0.107. The number of unbranched alkanes of at least 4 members (excludes halogenated alkanes) is 22. The minimum absolute atomic E-state index is 0.107. The molecule has 0 fully saturated rings. The zero-order valence-corrected chi connectivity index (χ0v) is 43.6. The van der Waals surface area contributed by atoms with Crippen LogP contribution in [0.3, 0.4) is 0 Å². The van der Waals surface area contributed by atoms with Gasteiger partial charge in [0.2, 0.25) is 5.91 Å². The molecule has 0 aliphatic carbocycles. The fourth-order valence-electron chi connectivity index (χ4n) is 7.64. The largest absolute Gasteiger partial charge is 0.394 e. The van der Waals surface area contributed by atoms with Gasteiger partial charge in [0.05, 0.1) is 18.8 Å². The van der Waals surface area contributed by atoms with Gasteiger partial charge in [0.1, 0.15) is 0 Å². The maximum Gasteiger partial charge on any atom is 0.220 e. The van der Waals surface area contributed by atoms with E-state index in [1.165, 1.54) is 109 Å². The highest BCUT2D eigenvalue weighted by molar-refractivity contribution is 5.76. The molecule has 0 aromatic rings. The van der Waals surface area contributed by atoms with Gasteiger partial charge in [-0.25, -0.2) is 0 Å². The summed E-state index contributed by atoms with van der Waals surface area (Å²) in [6, 6.07) is -0.671. The van der Waals surface area contributed by atoms with E-state index in [1.807, 2.05) is 6.08 Å². The van der Waals surface area contributed by atoms with Crippen LogP contribution in [-0.2, 0) is 4.79 Å². The fraction of sp³-hybridized carbons (Fsp3) is 0.635. The summed E-state index contributed by atoms with van der Waals surface area (Å²) in [6.07, 6.45) is 88.9. The van der Waals surface area contributed by atoms with Gasteiger partial charge in [0.15, 0.2) is 0 Å². The van der Waals surface area contributed by atoms with Gasteiger partial charge in [-0.15, -0.1) is 0 Å². The van der Waals surface area contributed by atoms with Crippen molar-refractivity contribution in [1.29, 1.82) is 0 Å². The van der Waals surface area contributed by atoms with Gasteiger partial charge in [0.25, 0.3) is 0 Å². The summed E-state index contributed by atoms with van der Waals surface area (Å²) in [5.41, 5.74) is 0. The summed E-state index contributed by atoms with van der Waals surface area (Å²) in [7, 11) is 0. The Balaban J connectivity index is 3.71. The molecule has 0 spiro atoms. The van der Waals surface area contributed by atoms with Crippen molar-refractivity contribution >= 4 is 5.91 Å². The van der Waals surface area contributed by atoms with E-state index in [4.69, 9.17) is 0 Å². The van der Waals surface area contributed by atoms with Crippen LogP contribution in [0.15, 0.2) is 134 Å². The maximum atomic E-state index is 12.5. The van der Waals surface area contributed by atoms with Gasteiger partial charge >= 0.3 is 0 Å². The first-order valence-corrected chi connectivity index (χ1v) is 27.9. The molecule has 0 radical (unpaired) electrons. The Kier molecular flexibility index (Phi) is 53.9. The van der Waals surface area contributed by atoms with Crippen LogP contribution in [-0.4, -0.2) is 34.9 Å². The molecular weight excluding hydrogens is 819 g/mol. The van der Waals surface area contributed by atoms with Gasteiger partial charge < -0.3 is 15.5 Å². The first-order valence-electron chi connectivity index (χ1n) is 27.9. The van der Waals surface area contributed by atoms with Crippen molar-refractivity contribution in [2.45, 2.75) is 251 Å². The lowest BCUT2D eigenvalue weighted by Gasteiger charge is -2.19. The van der Waals surface area contributed by atoms with Crippen LogP contribution in [0.25, 0.3) is 0 Å². The Hall–Kier alpha value is -3.47. The van der Waals surface area contributed by atoms with Crippen LogP contribution in [0, 0.1) is 0 Å². The smallest absolute Gasteiger partial charge is 0.220 e. The number of rotatable bonds is 49. The average molecular weight is 925 g/mol. The third-order valence-electron chi connectivity index (χ3n) is 11.8. The highest BCUT2D eigenvalue weighted by Gasteiger charge is 2.17. The Morgan fingerprint density at radius 3 is 1.04 bits per heavy atom. The van der Waals surface area contributed by atoms with Crippen molar-refractivity contribution in [2.75, 3.05) is 6.61 Å². The molecule has 4 nitrogen and oxygen atoms in total. The topological polar surface area (TPSA) is 69.6 Å². The summed E-state index contributed by atoms with van der Waals surface area (Å²) in [6.45, 7) is 4.17. The third kappa shape index (κ3) is 53.4. The van der Waals surface area contributed by atoms with Crippen molar-refractivity contribution in [2.24, 2.45) is 0 Å². The minimum atomic E-state index is -0.893. The predicted octanol–water partition coefficient (Wildman–Crippen LogP) is 18.6. The van der Waals surface area contributed by atoms with Crippen LogP contribution in [0.4, 0.5) is 0 Å². The first-order chi connectivity index (χ1) is 33.2. The van der Waals surface area contributed by atoms with Crippen molar-refractivity contribution in [3.8, 4) is 0 Å². The summed E-state index contributed by atoms with van der Waals surface area (Å²) in [4.78, 5) is 12.5. The van der Waals surface area contributed by atoms with E-state index in [9.17, 15) is 15.0 Å². The molecule has 0 heterocycles. The predicted molar refractivity (Wildman–Crippen MR) is 299 cm³/mol.